The summed E-state index contributed by atoms with van der Waals surface area (Å²) in [5, 5.41) is 19.2. The van der Waals surface area contributed by atoms with Gasteiger partial charge >= 0.3 is 0 Å². The minimum atomic E-state index is -0.417. The Hall–Kier alpha value is -2.42. The Labute approximate surface area is 165 Å². The molecule has 6 nitrogen and oxygen atoms in total. The molecule has 0 aromatic heterocycles. The Balaban J connectivity index is 2.12. The van der Waals surface area contributed by atoms with E-state index in [2.05, 4.69) is 22.4 Å². The zero-order valence-electron chi connectivity index (χ0n) is 13.5. The molecule has 134 valence electrons. The number of nitro benzene ring substituents is 1. The number of hydrogen-bond acceptors (Lipinski definition) is 5. The Morgan fingerprint density at radius 1 is 1.35 bits per heavy atom. The van der Waals surface area contributed by atoms with Gasteiger partial charge in [-0.15, -0.1) is 6.58 Å². The van der Waals surface area contributed by atoms with Crippen molar-refractivity contribution in [3.05, 3.63) is 75.8 Å². The quantitative estimate of drug-likeness (QED) is 0.233. The maximum Gasteiger partial charge on any atom is 0.283 e. The summed E-state index contributed by atoms with van der Waals surface area (Å²) in [6.07, 6.45) is 3.13. The zero-order chi connectivity index (χ0) is 18.9. The lowest BCUT2D eigenvalue weighted by molar-refractivity contribution is -0.387. The van der Waals surface area contributed by atoms with Gasteiger partial charge in [0.2, 0.25) is 0 Å². The molecule has 2 aromatic rings. The van der Waals surface area contributed by atoms with E-state index in [1.54, 1.807) is 30.3 Å². The second kappa shape index (κ2) is 9.91. The van der Waals surface area contributed by atoms with Crippen LogP contribution in [0.3, 0.4) is 0 Å². The van der Waals surface area contributed by atoms with Gasteiger partial charge in [-0.1, -0.05) is 35.5 Å². The van der Waals surface area contributed by atoms with Gasteiger partial charge in [-0.25, -0.2) is 0 Å². The molecule has 0 fully saturated rings. The van der Waals surface area contributed by atoms with E-state index in [9.17, 15) is 10.1 Å². The van der Waals surface area contributed by atoms with E-state index >= 15 is 0 Å². The van der Waals surface area contributed by atoms with Gasteiger partial charge in [0.15, 0.2) is 5.11 Å². The summed E-state index contributed by atoms with van der Waals surface area (Å²) in [7, 11) is 0. The van der Waals surface area contributed by atoms with Crippen LogP contribution in [0.4, 0.5) is 5.69 Å². The third-order valence-corrected chi connectivity index (χ3v) is 4.57. The minimum Gasteiger partial charge on any atom is -0.358 e. The number of nitro groups is 1. The van der Waals surface area contributed by atoms with Crippen molar-refractivity contribution in [1.29, 1.82) is 0 Å². The number of nitrogens with zero attached hydrogens (tertiary/aromatic N) is 2. The molecule has 26 heavy (non-hydrogen) atoms. The fourth-order valence-electron chi connectivity index (χ4n) is 1.84. The van der Waals surface area contributed by atoms with Gasteiger partial charge in [0.1, 0.15) is 0 Å². The fourth-order valence-corrected chi connectivity index (χ4v) is 3.01. The number of rotatable bonds is 7. The first-order valence-electron chi connectivity index (χ1n) is 7.39. The average Bonchev–Trinajstić information content (AvgIpc) is 2.62. The molecule has 0 saturated heterocycles. The SMILES string of the molecule is C=CCNC(=S)N/N=C/c1ccc(Sc2ccc(Cl)cc2)c([N+](=O)[O-])c1. The third-order valence-electron chi connectivity index (χ3n) is 3.01. The molecule has 2 N–H and O–H groups in total. The number of halogens is 1. The van der Waals surface area contributed by atoms with E-state index in [0.717, 1.165) is 4.90 Å². The van der Waals surface area contributed by atoms with Crippen LogP contribution in [-0.4, -0.2) is 22.8 Å². The minimum absolute atomic E-state index is 0.00117. The van der Waals surface area contributed by atoms with Gasteiger partial charge in [0, 0.05) is 28.1 Å². The van der Waals surface area contributed by atoms with E-state index in [-0.39, 0.29) is 5.69 Å². The van der Waals surface area contributed by atoms with Crippen LogP contribution in [0.5, 0.6) is 0 Å². The van der Waals surface area contributed by atoms with E-state index < -0.39 is 4.92 Å². The summed E-state index contributed by atoms with van der Waals surface area (Å²) >= 11 is 12.2. The fraction of sp³-hybridized carbons (Fsp3) is 0.0588. The molecule has 2 rings (SSSR count). The maximum absolute atomic E-state index is 11.4. The highest BCUT2D eigenvalue weighted by Crippen LogP contribution is 2.35. The van der Waals surface area contributed by atoms with Gasteiger partial charge in [0.05, 0.1) is 16.0 Å². The molecule has 2 aromatic carbocycles. The van der Waals surface area contributed by atoms with Crippen molar-refractivity contribution < 1.29 is 4.92 Å². The lowest BCUT2D eigenvalue weighted by Crippen LogP contribution is -2.31. The van der Waals surface area contributed by atoms with Crippen LogP contribution in [0.25, 0.3) is 0 Å². The summed E-state index contributed by atoms with van der Waals surface area (Å²) in [6, 6.07) is 12.0. The summed E-state index contributed by atoms with van der Waals surface area (Å²) < 4.78 is 0. The number of hydrazone groups is 1. The first-order valence-corrected chi connectivity index (χ1v) is 8.99. The van der Waals surface area contributed by atoms with Crippen LogP contribution >= 0.6 is 35.6 Å². The second-order valence-electron chi connectivity index (χ2n) is 4.91. The highest BCUT2D eigenvalue weighted by molar-refractivity contribution is 7.99. The van der Waals surface area contributed by atoms with Crippen molar-refractivity contribution in [2.75, 3.05) is 6.54 Å². The van der Waals surface area contributed by atoms with Crippen molar-refractivity contribution in [2.24, 2.45) is 5.10 Å². The lowest BCUT2D eigenvalue weighted by Gasteiger charge is -2.05. The largest absolute Gasteiger partial charge is 0.358 e. The Morgan fingerprint density at radius 2 is 2.08 bits per heavy atom. The normalized spacial score (nSPS) is 10.5. The van der Waals surface area contributed by atoms with Gasteiger partial charge < -0.3 is 5.32 Å². The molecular weight excluding hydrogens is 392 g/mol. The Morgan fingerprint density at radius 3 is 2.73 bits per heavy atom. The number of nitrogens with one attached hydrogen (secondary N) is 2. The Kier molecular flexibility index (Phi) is 7.58. The standard InChI is InChI=1S/C17H15ClN4O2S2/c1-2-9-19-17(25)21-20-11-12-3-8-16(15(10-12)22(23)24)26-14-6-4-13(18)5-7-14/h2-8,10-11H,1,9H2,(H2,19,21,25)/b20-11+. The molecule has 0 bridgehead atoms. The Bertz CT molecular complexity index is 841. The molecule has 0 spiro atoms. The summed E-state index contributed by atoms with van der Waals surface area (Å²) in [5.74, 6) is 0. The van der Waals surface area contributed by atoms with E-state index in [0.29, 0.717) is 27.1 Å². The number of hydrogen-bond donors (Lipinski definition) is 2. The van der Waals surface area contributed by atoms with Crippen molar-refractivity contribution in [1.82, 2.24) is 10.7 Å². The lowest BCUT2D eigenvalue weighted by atomic mass is 10.2. The van der Waals surface area contributed by atoms with Crippen LogP contribution in [0.2, 0.25) is 5.02 Å². The predicted octanol–water partition coefficient (Wildman–Crippen LogP) is 4.38. The van der Waals surface area contributed by atoms with Gasteiger partial charge in [-0.2, -0.15) is 5.10 Å². The predicted molar refractivity (Wildman–Crippen MR) is 110 cm³/mol. The topological polar surface area (TPSA) is 79.6 Å². The summed E-state index contributed by atoms with van der Waals surface area (Å²) in [4.78, 5) is 12.4. The molecule has 0 unspecified atom stereocenters. The zero-order valence-corrected chi connectivity index (χ0v) is 15.9. The van der Waals surface area contributed by atoms with Crippen molar-refractivity contribution in [2.45, 2.75) is 9.79 Å². The molecule has 9 heteroatoms. The molecule has 0 aliphatic rings. The van der Waals surface area contributed by atoms with Crippen LogP contribution in [0, 0.1) is 10.1 Å². The number of benzene rings is 2. The first-order chi connectivity index (χ1) is 12.5. The molecular formula is C17H15ClN4O2S2. The van der Waals surface area contributed by atoms with Crippen molar-refractivity contribution >= 4 is 52.6 Å². The molecule has 0 amide bonds. The highest BCUT2D eigenvalue weighted by atomic mass is 35.5. The molecule has 0 aliphatic carbocycles. The smallest absolute Gasteiger partial charge is 0.283 e. The van der Waals surface area contributed by atoms with Crippen LogP contribution in [-0.2, 0) is 0 Å². The molecule has 0 aliphatic heterocycles. The maximum atomic E-state index is 11.4. The monoisotopic (exact) mass is 406 g/mol. The molecule has 0 radical (unpaired) electrons. The van der Waals surface area contributed by atoms with E-state index in [1.807, 2.05) is 12.1 Å². The van der Waals surface area contributed by atoms with Crippen molar-refractivity contribution in [3.63, 3.8) is 0 Å². The summed E-state index contributed by atoms with van der Waals surface area (Å²) in [5.41, 5.74) is 3.21. The second-order valence-corrected chi connectivity index (χ2v) is 6.87. The summed E-state index contributed by atoms with van der Waals surface area (Å²) in [6.45, 7) is 4.09. The van der Waals surface area contributed by atoms with E-state index in [1.165, 1.54) is 24.0 Å². The molecule has 0 heterocycles. The van der Waals surface area contributed by atoms with Crippen LogP contribution < -0.4 is 10.7 Å². The number of thiocarbonyl (C=S) groups is 1. The molecule has 0 saturated carbocycles. The average molecular weight is 407 g/mol. The highest BCUT2D eigenvalue weighted by Gasteiger charge is 2.15. The van der Waals surface area contributed by atoms with Gasteiger partial charge in [0.25, 0.3) is 5.69 Å². The van der Waals surface area contributed by atoms with Crippen LogP contribution in [0.1, 0.15) is 5.56 Å². The first kappa shape index (κ1) is 19.9. The van der Waals surface area contributed by atoms with Crippen molar-refractivity contribution in [3.8, 4) is 0 Å². The van der Waals surface area contributed by atoms with Gasteiger partial charge in [-0.05, 0) is 42.5 Å². The van der Waals surface area contributed by atoms with Crippen LogP contribution in [0.15, 0.2) is 70.0 Å². The van der Waals surface area contributed by atoms with E-state index in [4.69, 9.17) is 23.8 Å². The molecule has 0 atom stereocenters. The van der Waals surface area contributed by atoms with Gasteiger partial charge in [-0.3, -0.25) is 15.5 Å². The third kappa shape index (κ3) is 6.14.